The molecule has 0 spiro atoms. The van der Waals surface area contributed by atoms with E-state index >= 15 is 0 Å². The maximum Gasteiger partial charge on any atom is 0.120 e. The first-order valence-electron chi connectivity index (χ1n) is 6.35. The Labute approximate surface area is 103 Å². The lowest BCUT2D eigenvalue weighted by Crippen LogP contribution is -2.43. The largest absolute Gasteiger partial charge is 0.508 e. The molecule has 1 fully saturated rings. The number of piperidine rings is 1. The minimum absolute atomic E-state index is 0.396. The summed E-state index contributed by atoms with van der Waals surface area (Å²) in [5.74, 6) is 0.396. The monoisotopic (exact) mass is 234 g/mol. The molecule has 1 heterocycles. The Morgan fingerprint density at radius 1 is 1.47 bits per heavy atom. The molecule has 1 aromatic carbocycles. The number of nitrogens with one attached hydrogen (secondary N) is 1. The molecule has 1 aliphatic heterocycles. The van der Waals surface area contributed by atoms with Gasteiger partial charge in [0.2, 0.25) is 0 Å². The fourth-order valence-electron chi connectivity index (χ4n) is 2.44. The normalized spacial score (nSPS) is 21.6. The standard InChI is InChI=1S/C14H22N2O/c1-11-5-6-14(17)12(8-11)9-15-13-4-3-7-16(2)10-13/h5-6,8,13,15,17H,3-4,7,9-10H2,1-2H3. The highest BCUT2D eigenvalue weighted by atomic mass is 16.3. The van der Waals surface area contributed by atoms with Crippen LogP contribution in [0.5, 0.6) is 5.75 Å². The van der Waals surface area contributed by atoms with Crippen molar-refractivity contribution in [3.63, 3.8) is 0 Å². The van der Waals surface area contributed by atoms with Crippen LogP contribution in [-0.4, -0.2) is 36.2 Å². The summed E-state index contributed by atoms with van der Waals surface area (Å²) in [4.78, 5) is 2.36. The lowest BCUT2D eigenvalue weighted by molar-refractivity contribution is 0.226. The fraction of sp³-hybridized carbons (Fsp3) is 0.571. The molecule has 1 aliphatic rings. The number of aromatic hydroxyl groups is 1. The number of likely N-dealkylation sites (N-methyl/N-ethyl adjacent to an activating group) is 1. The summed E-state index contributed by atoms with van der Waals surface area (Å²) in [5.41, 5.74) is 2.19. The van der Waals surface area contributed by atoms with Crippen LogP contribution in [0.4, 0.5) is 0 Å². The molecule has 1 atom stereocenters. The molecule has 3 heteroatoms. The molecule has 0 saturated carbocycles. The topological polar surface area (TPSA) is 35.5 Å². The smallest absolute Gasteiger partial charge is 0.120 e. The predicted molar refractivity (Wildman–Crippen MR) is 70.2 cm³/mol. The number of nitrogens with zero attached hydrogens (tertiary/aromatic N) is 1. The second-order valence-electron chi connectivity index (χ2n) is 5.11. The van der Waals surface area contributed by atoms with Crippen molar-refractivity contribution in [2.75, 3.05) is 20.1 Å². The van der Waals surface area contributed by atoms with Gasteiger partial charge in [-0.1, -0.05) is 17.7 Å². The average molecular weight is 234 g/mol. The zero-order chi connectivity index (χ0) is 12.3. The van der Waals surface area contributed by atoms with E-state index in [4.69, 9.17) is 0 Å². The van der Waals surface area contributed by atoms with Gasteiger partial charge in [-0.3, -0.25) is 0 Å². The Bertz CT molecular complexity index is 378. The van der Waals surface area contributed by atoms with Crippen molar-refractivity contribution in [1.29, 1.82) is 0 Å². The highest BCUT2D eigenvalue weighted by Gasteiger charge is 2.16. The molecular formula is C14H22N2O. The minimum atomic E-state index is 0.396. The van der Waals surface area contributed by atoms with Gasteiger partial charge in [0.1, 0.15) is 5.75 Å². The Morgan fingerprint density at radius 2 is 2.29 bits per heavy atom. The molecule has 0 aromatic heterocycles. The molecule has 0 amide bonds. The number of phenols is 1. The first kappa shape index (κ1) is 12.4. The molecule has 17 heavy (non-hydrogen) atoms. The maximum atomic E-state index is 9.77. The third-order valence-corrected chi connectivity index (χ3v) is 3.44. The first-order chi connectivity index (χ1) is 8.15. The van der Waals surface area contributed by atoms with E-state index in [1.807, 2.05) is 6.07 Å². The highest BCUT2D eigenvalue weighted by Crippen LogP contribution is 2.18. The van der Waals surface area contributed by atoms with E-state index in [1.165, 1.54) is 24.9 Å². The van der Waals surface area contributed by atoms with Crippen LogP contribution in [0.25, 0.3) is 0 Å². The SMILES string of the molecule is Cc1ccc(O)c(CNC2CCCN(C)C2)c1. The molecule has 0 bridgehead atoms. The highest BCUT2D eigenvalue weighted by molar-refractivity contribution is 5.35. The van der Waals surface area contributed by atoms with E-state index in [-0.39, 0.29) is 0 Å². The molecule has 1 aromatic rings. The van der Waals surface area contributed by atoms with Gasteiger partial charge < -0.3 is 15.3 Å². The van der Waals surface area contributed by atoms with Crippen molar-refractivity contribution < 1.29 is 5.11 Å². The zero-order valence-electron chi connectivity index (χ0n) is 10.7. The molecule has 3 nitrogen and oxygen atoms in total. The molecule has 0 aliphatic carbocycles. The first-order valence-corrected chi connectivity index (χ1v) is 6.35. The predicted octanol–water partition coefficient (Wildman–Crippen LogP) is 1.88. The molecule has 1 saturated heterocycles. The summed E-state index contributed by atoms with van der Waals surface area (Å²) in [6, 6.07) is 6.32. The zero-order valence-corrected chi connectivity index (χ0v) is 10.7. The van der Waals surface area contributed by atoms with Crippen LogP contribution in [0.2, 0.25) is 0 Å². The van der Waals surface area contributed by atoms with E-state index in [2.05, 4.69) is 30.3 Å². The average Bonchev–Trinajstić information content (AvgIpc) is 2.30. The lowest BCUT2D eigenvalue weighted by atomic mass is 10.1. The summed E-state index contributed by atoms with van der Waals surface area (Å²) in [5, 5.41) is 13.3. The van der Waals surface area contributed by atoms with Crippen molar-refractivity contribution >= 4 is 0 Å². The van der Waals surface area contributed by atoms with Crippen LogP contribution in [0.1, 0.15) is 24.0 Å². The van der Waals surface area contributed by atoms with Crippen LogP contribution in [0.15, 0.2) is 18.2 Å². The quantitative estimate of drug-likeness (QED) is 0.838. The second kappa shape index (κ2) is 5.52. The Morgan fingerprint density at radius 3 is 3.06 bits per heavy atom. The van der Waals surface area contributed by atoms with Crippen molar-refractivity contribution in [3.8, 4) is 5.75 Å². The molecule has 2 rings (SSSR count). The van der Waals surface area contributed by atoms with Crippen molar-refractivity contribution in [1.82, 2.24) is 10.2 Å². The van der Waals surface area contributed by atoms with Gasteiger partial charge in [-0.2, -0.15) is 0 Å². The van der Waals surface area contributed by atoms with Gasteiger partial charge in [0, 0.05) is 24.7 Å². The molecule has 2 N–H and O–H groups in total. The van der Waals surface area contributed by atoms with Crippen molar-refractivity contribution in [2.45, 2.75) is 32.4 Å². The molecule has 1 unspecified atom stereocenters. The molecule has 0 radical (unpaired) electrons. The van der Waals surface area contributed by atoms with Gasteiger partial charge in [0.25, 0.3) is 0 Å². The summed E-state index contributed by atoms with van der Waals surface area (Å²) < 4.78 is 0. The van der Waals surface area contributed by atoms with E-state index in [0.717, 1.165) is 18.7 Å². The number of hydrogen-bond acceptors (Lipinski definition) is 3. The fourth-order valence-corrected chi connectivity index (χ4v) is 2.44. The number of aryl methyl sites for hydroxylation is 1. The summed E-state index contributed by atoms with van der Waals surface area (Å²) in [7, 11) is 2.16. The number of phenolic OH excluding ortho intramolecular Hbond substituents is 1. The Hall–Kier alpha value is -1.06. The van der Waals surface area contributed by atoms with Crippen molar-refractivity contribution in [2.24, 2.45) is 0 Å². The van der Waals surface area contributed by atoms with Gasteiger partial charge >= 0.3 is 0 Å². The van der Waals surface area contributed by atoms with Crippen molar-refractivity contribution in [3.05, 3.63) is 29.3 Å². The van der Waals surface area contributed by atoms with Gasteiger partial charge in [0.05, 0.1) is 0 Å². The summed E-state index contributed by atoms with van der Waals surface area (Å²) >= 11 is 0. The number of likely N-dealkylation sites (tertiary alicyclic amines) is 1. The van der Waals surface area contributed by atoms with E-state index in [0.29, 0.717) is 11.8 Å². The Kier molecular flexibility index (Phi) is 4.02. The molecular weight excluding hydrogens is 212 g/mol. The summed E-state index contributed by atoms with van der Waals surface area (Å²) in [6.45, 7) is 5.11. The van der Waals surface area contributed by atoms with Crippen LogP contribution in [0.3, 0.4) is 0 Å². The van der Waals surface area contributed by atoms with Gasteiger partial charge in [-0.15, -0.1) is 0 Å². The number of rotatable bonds is 3. The minimum Gasteiger partial charge on any atom is -0.508 e. The van der Waals surface area contributed by atoms with Gasteiger partial charge in [-0.25, -0.2) is 0 Å². The van der Waals surface area contributed by atoms with Gasteiger partial charge in [-0.05, 0) is 39.4 Å². The third-order valence-electron chi connectivity index (χ3n) is 3.44. The van der Waals surface area contributed by atoms with Gasteiger partial charge in [0.15, 0.2) is 0 Å². The third kappa shape index (κ3) is 3.45. The summed E-state index contributed by atoms with van der Waals surface area (Å²) in [6.07, 6.45) is 2.49. The number of hydrogen-bond donors (Lipinski definition) is 2. The Balaban J connectivity index is 1.90. The van der Waals surface area contributed by atoms with E-state index in [9.17, 15) is 5.11 Å². The van der Waals surface area contributed by atoms with E-state index in [1.54, 1.807) is 6.07 Å². The van der Waals surface area contributed by atoms with Crippen LogP contribution in [0, 0.1) is 6.92 Å². The lowest BCUT2D eigenvalue weighted by Gasteiger charge is -2.30. The molecule has 94 valence electrons. The van der Waals surface area contributed by atoms with E-state index < -0.39 is 0 Å². The maximum absolute atomic E-state index is 9.77. The van der Waals surface area contributed by atoms with Crippen LogP contribution >= 0.6 is 0 Å². The van der Waals surface area contributed by atoms with Crippen LogP contribution in [-0.2, 0) is 6.54 Å². The number of benzene rings is 1. The second-order valence-corrected chi connectivity index (χ2v) is 5.11. The van der Waals surface area contributed by atoms with Crippen LogP contribution < -0.4 is 5.32 Å².